The number of rotatable bonds is 1. The molecule has 28 heavy (non-hydrogen) atoms. The molecule has 0 aromatic heterocycles. The molecule has 132 valence electrons. The third kappa shape index (κ3) is 2.05. The Kier molecular flexibility index (Phi) is 3.21. The van der Waals surface area contributed by atoms with E-state index < -0.39 is 0 Å². The van der Waals surface area contributed by atoms with Crippen LogP contribution >= 0.6 is 0 Å². The van der Waals surface area contributed by atoms with Crippen molar-refractivity contribution >= 4 is 21.5 Å². The zero-order chi connectivity index (χ0) is 18.7. The van der Waals surface area contributed by atoms with Crippen LogP contribution in [0.2, 0.25) is 0 Å². The third-order valence-electron chi connectivity index (χ3n) is 5.98. The summed E-state index contributed by atoms with van der Waals surface area (Å²) >= 11 is 0. The second-order valence-corrected chi connectivity index (χ2v) is 7.46. The minimum absolute atomic E-state index is 0.0383. The van der Waals surface area contributed by atoms with Crippen LogP contribution in [0.3, 0.4) is 0 Å². The molecule has 1 atom stereocenters. The highest BCUT2D eigenvalue weighted by molar-refractivity contribution is 6.18. The van der Waals surface area contributed by atoms with Gasteiger partial charge in [-0.15, -0.1) is 0 Å². The predicted molar refractivity (Wildman–Crippen MR) is 114 cm³/mol. The molecule has 0 amide bonds. The molecule has 0 radical (unpaired) electrons. The largest absolute Gasteiger partial charge is 0.207 e. The zero-order valence-corrected chi connectivity index (χ0v) is 15.2. The second kappa shape index (κ2) is 5.77. The summed E-state index contributed by atoms with van der Waals surface area (Å²) < 4.78 is 14.1. The molecule has 0 fully saturated rings. The zero-order valence-electron chi connectivity index (χ0n) is 15.2. The number of benzene rings is 5. The molecular weight excluding hydrogens is 343 g/mol. The first kappa shape index (κ1) is 15.6. The molecule has 0 saturated carbocycles. The maximum Gasteiger partial charge on any atom is 0.123 e. The van der Waals surface area contributed by atoms with Gasteiger partial charge in [0.1, 0.15) is 5.82 Å². The minimum Gasteiger partial charge on any atom is -0.207 e. The van der Waals surface area contributed by atoms with E-state index in [4.69, 9.17) is 0 Å². The monoisotopic (exact) mass is 360 g/mol. The van der Waals surface area contributed by atoms with E-state index in [1.54, 1.807) is 6.07 Å². The van der Waals surface area contributed by atoms with E-state index in [9.17, 15) is 4.39 Å². The molecule has 5 aromatic rings. The molecule has 0 heterocycles. The van der Waals surface area contributed by atoms with Crippen molar-refractivity contribution < 1.29 is 4.39 Å². The Bertz CT molecular complexity index is 1380. The Morgan fingerprint density at radius 1 is 0.571 bits per heavy atom. The van der Waals surface area contributed by atoms with Gasteiger partial charge in [-0.2, -0.15) is 0 Å². The number of fused-ring (bicyclic) bond motifs is 8. The lowest BCUT2D eigenvalue weighted by Gasteiger charge is -2.18. The summed E-state index contributed by atoms with van der Waals surface area (Å²) in [6.45, 7) is 0. The second-order valence-electron chi connectivity index (χ2n) is 7.46. The maximum absolute atomic E-state index is 14.1. The Labute approximate surface area is 162 Å². The Hall–Kier alpha value is -3.45. The molecule has 0 aliphatic heterocycles. The molecule has 1 aliphatic rings. The highest BCUT2D eigenvalue weighted by atomic mass is 19.1. The number of halogens is 1. The van der Waals surface area contributed by atoms with Crippen LogP contribution in [-0.2, 0) is 0 Å². The lowest BCUT2D eigenvalue weighted by Crippen LogP contribution is -2.01. The SMILES string of the molecule is Fc1cccc(C2c3ccccc3-c3c2c2ccccc2c2ccccc32)c1. The van der Waals surface area contributed by atoms with Crippen molar-refractivity contribution in [1.29, 1.82) is 0 Å². The van der Waals surface area contributed by atoms with E-state index >= 15 is 0 Å². The summed E-state index contributed by atoms with van der Waals surface area (Å²) in [4.78, 5) is 0. The van der Waals surface area contributed by atoms with E-state index in [2.05, 4.69) is 72.8 Å². The number of hydrogen-bond donors (Lipinski definition) is 0. The van der Waals surface area contributed by atoms with Crippen LogP contribution in [-0.4, -0.2) is 0 Å². The van der Waals surface area contributed by atoms with Gasteiger partial charge in [-0.05, 0) is 61.5 Å². The molecule has 0 N–H and O–H groups in total. The van der Waals surface area contributed by atoms with Gasteiger partial charge in [-0.25, -0.2) is 4.39 Å². The molecule has 0 nitrogen and oxygen atoms in total. The normalized spacial score (nSPS) is 15.0. The molecule has 1 heteroatoms. The van der Waals surface area contributed by atoms with Crippen LogP contribution < -0.4 is 0 Å². The van der Waals surface area contributed by atoms with Crippen molar-refractivity contribution in [1.82, 2.24) is 0 Å². The van der Waals surface area contributed by atoms with E-state index in [0.717, 1.165) is 5.56 Å². The first-order valence-corrected chi connectivity index (χ1v) is 9.61. The van der Waals surface area contributed by atoms with Gasteiger partial charge in [-0.3, -0.25) is 0 Å². The number of hydrogen-bond acceptors (Lipinski definition) is 0. The summed E-state index contributed by atoms with van der Waals surface area (Å²) in [5.74, 6) is -0.148. The van der Waals surface area contributed by atoms with Gasteiger partial charge in [0.05, 0.1) is 0 Å². The molecule has 1 unspecified atom stereocenters. The third-order valence-corrected chi connectivity index (χ3v) is 5.98. The standard InChI is InChI=1S/C27H17F/c28-18-9-7-8-17(16-18)25-23-14-5-6-15-24(23)26-21-12-3-1-10-19(21)20-11-2-4-13-22(20)27(25)26/h1-16,25H. The Morgan fingerprint density at radius 2 is 1.21 bits per heavy atom. The quantitative estimate of drug-likeness (QED) is 0.270. The summed E-state index contributed by atoms with van der Waals surface area (Å²) in [7, 11) is 0. The fraction of sp³-hybridized carbons (Fsp3) is 0.0370. The lowest BCUT2D eigenvalue weighted by atomic mass is 9.85. The highest BCUT2D eigenvalue weighted by Gasteiger charge is 2.33. The van der Waals surface area contributed by atoms with Gasteiger partial charge in [0, 0.05) is 5.92 Å². The lowest BCUT2D eigenvalue weighted by molar-refractivity contribution is 0.625. The van der Waals surface area contributed by atoms with E-state index in [1.165, 1.54) is 49.9 Å². The van der Waals surface area contributed by atoms with Crippen molar-refractivity contribution in [2.45, 2.75) is 5.92 Å². The van der Waals surface area contributed by atoms with Crippen LogP contribution in [0, 0.1) is 5.82 Å². The van der Waals surface area contributed by atoms with E-state index in [0.29, 0.717) is 0 Å². The van der Waals surface area contributed by atoms with Crippen molar-refractivity contribution in [3.8, 4) is 11.1 Å². The molecule has 0 bridgehead atoms. The molecule has 1 aliphatic carbocycles. The van der Waals surface area contributed by atoms with Gasteiger partial charge in [0.25, 0.3) is 0 Å². The molecule has 6 rings (SSSR count). The Balaban J connectivity index is 1.84. The molecule has 5 aromatic carbocycles. The van der Waals surface area contributed by atoms with E-state index in [1.807, 2.05) is 12.1 Å². The minimum atomic E-state index is -0.187. The van der Waals surface area contributed by atoms with Crippen molar-refractivity contribution in [3.05, 3.63) is 120 Å². The van der Waals surface area contributed by atoms with Crippen LogP contribution in [0.15, 0.2) is 97.1 Å². The summed E-state index contributed by atoms with van der Waals surface area (Å²) in [5, 5.41) is 5.04. The van der Waals surface area contributed by atoms with Crippen LogP contribution in [0.25, 0.3) is 32.7 Å². The van der Waals surface area contributed by atoms with Crippen molar-refractivity contribution in [3.63, 3.8) is 0 Å². The fourth-order valence-electron chi connectivity index (χ4n) is 4.92. The Morgan fingerprint density at radius 3 is 2.00 bits per heavy atom. The van der Waals surface area contributed by atoms with E-state index in [-0.39, 0.29) is 11.7 Å². The highest BCUT2D eigenvalue weighted by Crippen LogP contribution is 2.53. The maximum atomic E-state index is 14.1. The average molecular weight is 360 g/mol. The summed E-state index contributed by atoms with van der Waals surface area (Å²) in [6, 6.07) is 32.9. The van der Waals surface area contributed by atoms with Gasteiger partial charge in [0.15, 0.2) is 0 Å². The van der Waals surface area contributed by atoms with Gasteiger partial charge < -0.3 is 0 Å². The topological polar surface area (TPSA) is 0 Å². The van der Waals surface area contributed by atoms with Gasteiger partial charge >= 0.3 is 0 Å². The van der Waals surface area contributed by atoms with Crippen molar-refractivity contribution in [2.75, 3.05) is 0 Å². The first-order valence-electron chi connectivity index (χ1n) is 9.61. The summed E-state index contributed by atoms with van der Waals surface area (Å²) in [6.07, 6.45) is 0. The predicted octanol–water partition coefficient (Wildman–Crippen LogP) is 7.29. The van der Waals surface area contributed by atoms with Crippen LogP contribution in [0.4, 0.5) is 4.39 Å². The van der Waals surface area contributed by atoms with Gasteiger partial charge in [-0.1, -0.05) is 84.9 Å². The smallest absolute Gasteiger partial charge is 0.123 e. The molecule has 0 spiro atoms. The molecular formula is C27H17F. The van der Waals surface area contributed by atoms with Crippen molar-refractivity contribution in [2.24, 2.45) is 0 Å². The van der Waals surface area contributed by atoms with Crippen LogP contribution in [0.1, 0.15) is 22.6 Å². The fourth-order valence-corrected chi connectivity index (χ4v) is 4.92. The average Bonchev–Trinajstić information content (AvgIpc) is 3.10. The van der Waals surface area contributed by atoms with Crippen LogP contribution in [0.5, 0.6) is 0 Å². The summed E-state index contributed by atoms with van der Waals surface area (Å²) in [5.41, 5.74) is 6.10. The van der Waals surface area contributed by atoms with Gasteiger partial charge in [0.2, 0.25) is 0 Å². The first-order chi connectivity index (χ1) is 13.8. The molecule has 0 saturated heterocycles.